The number of hydrogen-bond donors (Lipinski definition) is 3. The Balaban J connectivity index is 1.92. The van der Waals surface area contributed by atoms with E-state index in [4.69, 9.17) is 11.5 Å². The number of aryl methyl sites for hydroxylation is 2. The van der Waals surface area contributed by atoms with Crippen LogP contribution in [0.3, 0.4) is 0 Å². The Kier molecular flexibility index (Phi) is 4.25. The van der Waals surface area contributed by atoms with Gasteiger partial charge in [-0.25, -0.2) is 4.98 Å². The van der Waals surface area contributed by atoms with Crippen molar-refractivity contribution in [2.75, 3.05) is 0 Å². The number of aromatic nitrogens is 3. The number of carbonyl (C=O) groups is 1. The number of hydrogen-bond acceptors (Lipinski definition) is 4. The van der Waals surface area contributed by atoms with Gasteiger partial charge >= 0.3 is 0 Å². The molecule has 2 aromatic rings. The molecule has 1 aromatic carbocycles. The van der Waals surface area contributed by atoms with E-state index in [2.05, 4.69) is 27.3 Å². The smallest absolute Gasteiger partial charge is 0.219 e. The summed E-state index contributed by atoms with van der Waals surface area (Å²) in [5, 5.41) is 6.84. The number of primary amides is 1. The molecule has 2 rings (SSSR count). The Labute approximate surface area is 111 Å². The summed E-state index contributed by atoms with van der Waals surface area (Å²) in [6.45, 7) is 0. The summed E-state index contributed by atoms with van der Waals surface area (Å²) < 4.78 is 0. The zero-order chi connectivity index (χ0) is 13.7. The number of H-pyrrole nitrogens is 1. The molecule has 0 aliphatic heterocycles. The number of amides is 1. The van der Waals surface area contributed by atoms with E-state index in [0.717, 1.165) is 12.8 Å². The third-order valence-electron chi connectivity index (χ3n) is 2.80. The molecule has 0 bridgehead atoms. The van der Waals surface area contributed by atoms with Gasteiger partial charge in [-0.2, -0.15) is 5.10 Å². The fourth-order valence-corrected chi connectivity index (χ4v) is 1.80. The summed E-state index contributed by atoms with van der Waals surface area (Å²) in [7, 11) is 0. The molecule has 0 saturated heterocycles. The van der Waals surface area contributed by atoms with Crippen LogP contribution < -0.4 is 11.5 Å². The van der Waals surface area contributed by atoms with Gasteiger partial charge in [-0.3, -0.25) is 9.89 Å². The van der Waals surface area contributed by atoms with Crippen molar-refractivity contribution >= 4 is 5.91 Å². The third-order valence-corrected chi connectivity index (χ3v) is 2.80. The van der Waals surface area contributed by atoms with Crippen LogP contribution in [0.2, 0.25) is 0 Å². The summed E-state index contributed by atoms with van der Waals surface area (Å²) in [5.41, 5.74) is 12.1. The van der Waals surface area contributed by atoms with E-state index in [0.29, 0.717) is 11.6 Å². The zero-order valence-electron chi connectivity index (χ0n) is 10.5. The number of aromatic amines is 1. The predicted molar refractivity (Wildman–Crippen MR) is 71.0 cm³/mol. The fraction of sp³-hybridized carbons (Fsp3) is 0.308. The van der Waals surface area contributed by atoms with Gasteiger partial charge in [-0.15, -0.1) is 0 Å². The van der Waals surface area contributed by atoms with E-state index in [1.165, 1.54) is 5.56 Å². The molecule has 1 heterocycles. The van der Waals surface area contributed by atoms with Crippen molar-refractivity contribution in [3.63, 3.8) is 0 Å². The van der Waals surface area contributed by atoms with E-state index in [-0.39, 0.29) is 6.42 Å². The predicted octanol–water partition coefficient (Wildman–Crippen LogP) is 0.465. The number of rotatable bonds is 6. The van der Waals surface area contributed by atoms with Crippen molar-refractivity contribution in [3.8, 4) is 0 Å². The Morgan fingerprint density at radius 3 is 2.68 bits per heavy atom. The summed E-state index contributed by atoms with van der Waals surface area (Å²) in [5.74, 6) is 0.746. The minimum Gasteiger partial charge on any atom is -0.370 e. The molecule has 5 N–H and O–H groups in total. The van der Waals surface area contributed by atoms with Crippen molar-refractivity contribution in [1.29, 1.82) is 0 Å². The number of nitrogens with zero attached hydrogens (tertiary/aromatic N) is 2. The first-order valence-corrected chi connectivity index (χ1v) is 6.14. The maximum absolute atomic E-state index is 10.8. The van der Waals surface area contributed by atoms with E-state index in [1.54, 1.807) is 0 Å². The normalized spacial score (nSPS) is 12.3. The third kappa shape index (κ3) is 3.89. The van der Waals surface area contributed by atoms with Crippen LogP contribution in [0.5, 0.6) is 0 Å². The summed E-state index contributed by atoms with van der Waals surface area (Å²) >= 11 is 0. The number of nitrogens with two attached hydrogens (primary N) is 2. The topological polar surface area (TPSA) is 111 Å². The summed E-state index contributed by atoms with van der Waals surface area (Å²) in [6.07, 6.45) is 1.65. The van der Waals surface area contributed by atoms with Gasteiger partial charge in [-0.05, 0) is 12.0 Å². The van der Waals surface area contributed by atoms with Crippen molar-refractivity contribution in [3.05, 3.63) is 47.5 Å². The lowest BCUT2D eigenvalue weighted by Crippen LogP contribution is -2.21. The lowest BCUT2D eigenvalue weighted by Gasteiger charge is -2.03. The van der Waals surface area contributed by atoms with Gasteiger partial charge in [0, 0.05) is 12.8 Å². The molecule has 0 fully saturated rings. The van der Waals surface area contributed by atoms with Gasteiger partial charge in [0.25, 0.3) is 0 Å². The minimum absolute atomic E-state index is 0.0628. The molecule has 0 saturated carbocycles. The van der Waals surface area contributed by atoms with E-state index >= 15 is 0 Å². The average Bonchev–Trinajstić information content (AvgIpc) is 2.86. The Morgan fingerprint density at radius 1 is 1.26 bits per heavy atom. The Hall–Kier alpha value is -2.21. The number of benzene rings is 1. The zero-order valence-corrected chi connectivity index (χ0v) is 10.5. The maximum Gasteiger partial charge on any atom is 0.219 e. The molecule has 1 aromatic heterocycles. The molecule has 0 unspecified atom stereocenters. The average molecular weight is 259 g/mol. The van der Waals surface area contributed by atoms with Gasteiger partial charge < -0.3 is 11.5 Å². The molecule has 0 aliphatic rings. The molecular weight excluding hydrogens is 242 g/mol. The standard InChI is InChI=1S/C13H17N5O/c14-10(8-11(15)19)13-16-12(17-18-13)7-6-9-4-2-1-3-5-9/h1-5,10H,6-8,14H2,(H2,15,19)(H,16,17,18)/t10-/m1/s1. The molecule has 6 nitrogen and oxygen atoms in total. The SMILES string of the molecule is NC(=O)C[C@@H](N)c1nc(CCc2ccccc2)n[nH]1. The lowest BCUT2D eigenvalue weighted by atomic mass is 10.1. The van der Waals surface area contributed by atoms with Crippen LogP contribution in [0, 0.1) is 0 Å². The maximum atomic E-state index is 10.8. The highest BCUT2D eigenvalue weighted by molar-refractivity contribution is 5.74. The largest absolute Gasteiger partial charge is 0.370 e. The van der Waals surface area contributed by atoms with E-state index < -0.39 is 11.9 Å². The van der Waals surface area contributed by atoms with E-state index in [9.17, 15) is 4.79 Å². The fourth-order valence-electron chi connectivity index (χ4n) is 1.80. The quantitative estimate of drug-likeness (QED) is 0.700. The first-order valence-electron chi connectivity index (χ1n) is 6.14. The Morgan fingerprint density at radius 2 is 2.00 bits per heavy atom. The second-order valence-corrected chi connectivity index (χ2v) is 4.40. The summed E-state index contributed by atoms with van der Waals surface area (Å²) in [4.78, 5) is 15.1. The monoisotopic (exact) mass is 259 g/mol. The molecule has 1 atom stereocenters. The van der Waals surface area contributed by atoms with Crippen LogP contribution in [0.15, 0.2) is 30.3 Å². The van der Waals surface area contributed by atoms with Gasteiger partial charge in [0.15, 0.2) is 5.82 Å². The van der Waals surface area contributed by atoms with Gasteiger partial charge in [0.2, 0.25) is 5.91 Å². The van der Waals surface area contributed by atoms with Gasteiger partial charge in [0.1, 0.15) is 5.82 Å². The molecule has 0 spiro atoms. The van der Waals surface area contributed by atoms with Crippen molar-refractivity contribution < 1.29 is 4.79 Å². The molecule has 100 valence electrons. The van der Waals surface area contributed by atoms with Crippen LogP contribution in [-0.4, -0.2) is 21.1 Å². The highest BCUT2D eigenvalue weighted by Crippen LogP contribution is 2.09. The second-order valence-electron chi connectivity index (χ2n) is 4.40. The molecule has 19 heavy (non-hydrogen) atoms. The highest BCUT2D eigenvalue weighted by atomic mass is 16.1. The minimum atomic E-state index is -0.518. The van der Waals surface area contributed by atoms with Gasteiger partial charge in [-0.1, -0.05) is 30.3 Å². The van der Waals surface area contributed by atoms with Crippen LogP contribution >= 0.6 is 0 Å². The van der Waals surface area contributed by atoms with Crippen LogP contribution in [0.4, 0.5) is 0 Å². The van der Waals surface area contributed by atoms with Crippen LogP contribution in [0.1, 0.15) is 29.7 Å². The van der Waals surface area contributed by atoms with E-state index in [1.807, 2.05) is 18.2 Å². The first kappa shape index (κ1) is 13.2. The molecule has 0 aliphatic carbocycles. The first-order chi connectivity index (χ1) is 9.15. The van der Waals surface area contributed by atoms with Crippen molar-refractivity contribution in [2.24, 2.45) is 11.5 Å². The van der Waals surface area contributed by atoms with Crippen LogP contribution in [-0.2, 0) is 17.6 Å². The van der Waals surface area contributed by atoms with Crippen molar-refractivity contribution in [1.82, 2.24) is 15.2 Å². The highest BCUT2D eigenvalue weighted by Gasteiger charge is 2.13. The second kappa shape index (κ2) is 6.10. The lowest BCUT2D eigenvalue weighted by molar-refractivity contribution is -0.118. The summed E-state index contributed by atoms with van der Waals surface area (Å²) in [6, 6.07) is 9.59. The molecule has 1 amide bonds. The Bertz CT molecular complexity index is 537. The van der Waals surface area contributed by atoms with Crippen LogP contribution in [0.25, 0.3) is 0 Å². The van der Waals surface area contributed by atoms with Crippen molar-refractivity contribution in [2.45, 2.75) is 25.3 Å². The molecular formula is C13H17N5O. The van der Waals surface area contributed by atoms with Gasteiger partial charge in [0.05, 0.1) is 6.04 Å². The molecule has 6 heteroatoms. The number of carbonyl (C=O) groups excluding carboxylic acids is 1. The molecule has 0 radical (unpaired) electrons. The number of nitrogens with one attached hydrogen (secondary N) is 1.